The first-order chi connectivity index (χ1) is 8.15. The molecule has 1 aliphatic heterocycles. The maximum atomic E-state index is 11.8. The molecule has 4 nitrogen and oxygen atoms in total. The summed E-state index contributed by atoms with van der Waals surface area (Å²) in [5.41, 5.74) is 0.775. The highest BCUT2D eigenvalue weighted by molar-refractivity contribution is 9.10. The minimum atomic E-state index is -0.286. The van der Waals surface area contributed by atoms with Crippen molar-refractivity contribution in [3.63, 3.8) is 0 Å². The highest BCUT2D eigenvalue weighted by Gasteiger charge is 2.22. The number of benzene rings is 1. The van der Waals surface area contributed by atoms with Crippen molar-refractivity contribution in [1.29, 1.82) is 0 Å². The van der Waals surface area contributed by atoms with E-state index in [0.717, 1.165) is 23.1 Å². The van der Waals surface area contributed by atoms with Crippen molar-refractivity contribution in [3.8, 4) is 0 Å². The van der Waals surface area contributed by atoms with E-state index in [1.165, 1.54) is 0 Å². The molecule has 1 amide bonds. The molecule has 1 atom stereocenters. The lowest BCUT2D eigenvalue weighted by atomic mass is 10.3. The van der Waals surface area contributed by atoms with Gasteiger partial charge >= 0.3 is 0 Å². The van der Waals surface area contributed by atoms with E-state index in [4.69, 9.17) is 0 Å². The van der Waals surface area contributed by atoms with Crippen LogP contribution in [0.5, 0.6) is 0 Å². The fourth-order valence-corrected chi connectivity index (χ4v) is 2.30. The van der Waals surface area contributed by atoms with Gasteiger partial charge in [0.25, 0.3) is 0 Å². The zero-order valence-electron chi connectivity index (χ0n) is 9.40. The van der Waals surface area contributed by atoms with E-state index in [1.54, 1.807) is 0 Å². The number of rotatable bonds is 3. The third kappa shape index (κ3) is 3.52. The van der Waals surface area contributed by atoms with E-state index in [9.17, 15) is 9.90 Å². The van der Waals surface area contributed by atoms with Gasteiger partial charge < -0.3 is 10.4 Å². The van der Waals surface area contributed by atoms with Crippen molar-refractivity contribution < 1.29 is 9.90 Å². The van der Waals surface area contributed by atoms with Crippen molar-refractivity contribution in [2.75, 3.05) is 25.0 Å². The number of carbonyl (C=O) groups is 1. The number of hydrogen-bond donors (Lipinski definition) is 2. The molecule has 1 aromatic rings. The lowest BCUT2D eigenvalue weighted by Gasteiger charge is -2.14. The van der Waals surface area contributed by atoms with E-state index >= 15 is 0 Å². The van der Waals surface area contributed by atoms with Crippen LogP contribution in [-0.4, -0.2) is 41.7 Å². The number of hydrogen-bond acceptors (Lipinski definition) is 3. The average molecular weight is 299 g/mol. The van der Waals surface area contributed by atoms with Crippen LogP contribution in [0.2, 0.25) is 0 Å². The molecule has 17 heavy (non-hydrogen) atoms. The molecule has 5 heteroatoms. The summed E-state index contributed by atoms with van der Waals surface area (Å²) in [6.45, 7) is 1.70. The number of nitrogens with zero attached hydrogens (tertiary/aromatic N) is 1. The van der Waals surface area contributed by atoms with Gasteiger partial charge in [0.15, 0.2) is 0 Å². The molecule has 0 aliphatic carbocycles. The largest absolute Gasteiger partial charge is 0.392 e. The molecular formula is C12H15BrN2O2. The molecule has 0 radical (unpaired) electrons. The van der Waals surface area contributed by atoms with Gasteiger partial charge in [-0.2, -0.15) is 0 Å². The molecule has 0 aromatic heterocycles. The molecule has 0 saturated carbocycles. The monoisotopic (exact) mass is 298 g/mol. The Labute approximate surface area is 109 Å². The number of likely N-dealkylation sites (tertiary alicyclic amines) is 1. The molecule has 2 rings (SSSR count). The molecule has 0 bridgehead atoms. The van der Waals surface area contributed by atoms with Crippen LogP contribution in [0.15, 0.2) is 28.7 Å². The lowest BCUT2D eigenvalue weighted by molar-refractivity contribution is -0.117. The number of halogens is 1. The zero-order chi connectivity index (χ0) is 12.3. The normalized spacial score (nSPS) is 20.5. The third-order valence-electron chi connectivity index (χ3n) is 2.76. The van der Waals surface area contributed by atoms with E-state index in [1.807, 2.05) is 29.2 Å². The van der Waals surface area contributed by atoms with Crippen LogP contribution in [0.25, 0.3) is 0 Å². The van der Waals surface area contributed by atoms with Crippen LogP contribution < -0.4 is 5.32 Å². The van der Waals surface area contributed by atoms with Crippen molar-refractivity contribution in [3.05, 3.63) is 28.7 Å². The molecule has 92 valence electrons. The van der Waals surface area contributed by atoms with Crippen LogP contribution >= 0.6 is 15.9 Å². The smallest absolute Gasteiger partial charge is 0.238 e. The standard InChI is InChI=1S/C12H15BrN2O2/c13-10-3-1-2-4-11(10)14-12(17)8-15-6-5-9(16)7-15/h1-4,9,16H,5-8H2,(H,14,17)/t9-/m0/s1. The third-order valence-corrected chi connectivity index (χ3v) is 3.45. The summed E-state index contributed by atoms with van der Waals surface area (Å²) in [5.74, 6) is -0.0500. The molecule has 0 unspecified atom stereocenters. The van der Waals surface area contributed by atoms with E-state index < -0.39 is 0 Å². The molecule has 2 N–H and O–H groups in total. The van der Waals surface area contributed by atoms with Gasteiger partial charge in [0.05, 0.1) is 18.3 Å². The predicted octanol–water partition coefficient (Wildman–Crippen LogP) is 1.45. The summed E-state index contributed by atoms with van der Waals surface area (Å²) in [4.78, 5) is 13.7. The Morgan fingerprint density at radius 1 is 1.53 bits per heavy atom. The Morgan fingerprint density at radius 3 is 2.94 bits per heavy atom. The molecule has 1 heterocycles. The predicted molar refractivity (Wildman–Crippen MR) is 69.8 cm³/mol. The number of amides is 1. The molecule has 1 saturated heterocycles. The Morgan fingerprint density at radius 2 is 2.29 bits per heavy atom. The highest BCUT2D eigenvalue weighted by Crippen LogP contribution is 2.21. The Hall–Kier alpha value is -0.910. The fraction of sp³-hybridized carbons (Fsp3) is 0.417. The van der Waals surface area contributed by atoms with Crippen molar-refractivity contribution in [2.45, 2.75) is 12.5 Å². The van der Waals surface area contributed by atoms with Crippen LogP contribution in [-0.2, 0) is 4.79 Å². The minimum absolute atomic E-state index is 0.0500. The number of para-hydroxylation sites is 1. The summed E-state index contributed by atoms with van der Waals surface area (Å²) in [6, 6.07) is 7.51. The zero-order valence-corrected chi connectivity index (χ0v) is 11.0. The molecular weight excluding hydrogens is 284 g/mol. The Balaban J connectivity index is 1.87. The van der Waals surface area contributed by atoms with Crippen LogP contribution in [0.4, 0.5) is 5.69 Å². The van der Waals surface area contributed by atoms with Crippen molar-refractivity contribution in [2.24, 2.45) is 0 Å². The maximum absolute atomic E-state index is 11.8. The number of nitrogens with one attached hydrogen (secondary N) is 1. The molecule has 1 fully saturated rings. The second-order valence-electron chi connectivity index (χ2n) is 4.21. The second-order valence-corrected chi connectivity index (χ2v) is 5.06. The topological polar surface area (TPSA) is 52.6 Å². The average Bonchev–Trinajstić information content (AvgIpc) is 2.67. The van der Waals surface area contributed by atoms with Gasteiger partial charge in [-0.05, 0) is 34.5 Å². The van der Waals surface area contributed by atoms with Gasteiger partial charge in [-0.3, -0.25) is 9.69 Å². The number of aliphatic hydroxyl groups is 1. The molecule has 0 spiro atoms. The van der Waals surface area contributed by atoms with Crippen molar-refractivity contribution in [1.82, 2.24) is 4.90 Å². The summed E-state index contributed by atoms with van der Waals surface area (Å²) in [6.07, 6.45) is 0.466. The van der Waals surface area contributed by atoms with Gasteiger partial charge in [0.1, 0.15) is 0 Å². The van der Waals surface area contributed by atoms with E-state index in [2.05, 4.69) is 21.2 Å². The first kappa shape index (κ1) is 12.5. The van der Waals surface area contributed by atoms with Gasteiger partial charge in [0.2, 0.25) is 5.91 Å². The number of aliphatic hydroxyl groups excluding tert-OH is 1. The summed E-state index contributed by atoms with van der Waals surface area (Å²) < 4.78 is 0.870. The summed E-state index contributed by atoms with van der Waals surface area (Å²) in [7, 11) is 0. The first-order valence-corrected chi connectivity index (χ1v) is 6.39. The summed E-state index contributed by atoms with van der Waals surface area (Å²) >= 11 is 3.38. The van der Waals surface area contributed by atoms with Gasteiger partial charge in [-0.25, -0.2) is 0 Å². The number of β-amino-alcohol motifs (C(OH)–C–C–N with tert-alkyl or cyclic N) is 1. The van der Waals surface area contributed by atoms with E-state index in [0.29, 0.717) is 13.1 Å². The maximum Gasteiger partial charge on any atom is 0.238 e. The molecule has 1 aromatic carbocycles. The lowest BCUT2D eigenvalue weighted by Crippen LogP contribution is -2.32. The van der Waals surface area contributed by atoms with E-state index in [-0.39, 0.29) is 12.0 Å². The number of anilines is 1. The van der Waals surface area contributed by atoms with Crippen LogP contribution in [0, 0.1) is 0 Å². The van der Waals surface area contributed by atoms with Crippen LogP contribution in [0.3, 0.4) is 0 Å². The molecule has 1 aliphatic rings. The Bertz CT molecular complexity index is 411. The first-order valence-electron chi connectivity index (χ1n) is 5.60. The summed E-state index contributed by atoms with van der Waals surface area (Å²) in [5, 5.41) is 12.2. The van der Waals surface area contributed by atoms with Gasteiger partial charge in [-0.15, -0.1) is 0 Å². The SMILES string of the molecule is O=C(CN1CC[C@H](O)C1)Nc1ccccc1Br. The van der Waals surface area contributed by atoms with Crippen LogP contribution in [0.1, 0.15) is 6.42 Å². The van der Waals surface area contributed by atoms with Gasteiger partial charge in [0, 0.05) is 17.6 Å². The number of carbonyl (C=O) groups excluding carboxylic acids is 1. The minimum Gasteiger partial charge on any atom is -0.392 e. The highest BCUT2D eigenvalue weighted by atomic mass is 79.9. The quantitative estimate of drug-likeness (QED) is 0.888. The van der Waals surface area contributed by atoms with Crippen molar-refractivity contribution >= 4 is 27.5 Å². The fourth-order valence-electron chi connectivity index (χ4n) is 1.91. The second kappa shape index (κ2) is 5.62. The van der Waals surface area contributed by atoms with Gasteiger partial charge in [-0.1, -0.05) is 12.1 Å². The Kier molecular flexibility index (Phi) is 4.15.